The summed E-state index contributed by atoms with van der Waals surface area (Å²) >= 11 is 0. The minimum Gasteiger partial charge on any atom is -0.247 e. The molecule has 3 aromatic rings. The van der Waals surface area contributed by atoms with Gasteiger partial charge in [-0.3, -0.25) is 0 Å². The zero-order chi connectivity index (χ0) is 19.8. The van der Waals surface area contributed by atoms with E-state index < -0.39 is 6.17 Å². The van der Waals surface area contributed by atoms with Crippen LogP contribution in [0.5, 0.6) is 0 Å². The maximum atomic E-state index is 13.7. The quantitative estimate of drug-likeness (QED) is 0.351. The van der Waals surface area contributed by atoms with Crippen LogP contribution < -0.4 is 0 Å². The summed E-state index contributed by atoms with van der Waals surface area (Å²) in [5.74, 6) is 0. The fraction of sp³-hybridized carbons (Fsp3) is 0.200. The molecule has 3 rings (SSSR count). The van der Waals surface area contributed by atoms with E-state index in [9.17, 15) is 4.39 Å². The van der Waals surface area contributed by atoms with Crippen molar-refractivity contribution in [3.8, 4) is 0 Å². The zero-order valence-corrected chi connectivity index (χ0v) is 16.3. The topological polar surface area (TPSA) is 24.7 Å². The van der Waals surface area contributed by atoms with Crippen molar-refractivity contribution in [1.29, 1.82) is 0 Å². The lowest BCUT2D eigenvalue weighted by Crippen LogP contribution is -2.05. The van der Waals surface area contributed by atoms with Crippen LogP contribution in [-0.4, -0.2) is 18.1 Å². The molecular weight excluding hydrogens is 347 g/mol. The Labute approximate surface area is 166 Å². The second-order valence-corrected chi connectivity index (χ2v) is 6.82. The molecule has 0 bridgehead atoms. The Morgan fingerprint density at radius 2 is 1.54 bits per heavy atom. The number of nitrogens with zero attached hydrogens (tertiary/aromatic N) is 2. The molecule has 0 saturated heterocycles. The summed E-state index contributed by atoms with van der Waals surface area (Å²) in [4.78, 5) is 0. The van der Waals surface area contributed by atoms with Gasteiger partial charge in [-0.25, -0.2) is 4.39 Å². The molecule has 3 heteroatoms. The van der Waals surface area contributed by atoms with E-state index in [1.54, 1.807) is 6.21 Å². The molecule has 0 heterocycles. The van der Waals surface area contributed by atoms with E-state index in [1.165, 1.54) is 0 Å². The lowest BCUT2D eigenvalue weighted by atomic mass is 9.99. The van der Waals surface area contributed by atoms with Gasteiger partial charge in [0.15, 0.2) is 0 Å². The molecule has 1 atom stereocenters. The van der Waals surface area contributed by atoms with Crippen molar-refractivity contribution in [1.82, 2.24) is 0 Å². The fourth-order valence-electron chi connectivity index (χ4n) is 2.96. The number of alkyl halides is 1. The van der Waals surface area contributed by atoms with Crippen LogP contribution in [0, 0.1) is 6.92 Å². The van der Waals surface area contributed by atoms with Gasteiger partial charge in [0.25, 0.3) is 0 Å². The smallest absolute Gasteiger partial charge is 0.104 e. The monoisotopic (exact) mass is 372 g/mol. The third-order valence-corrected chi connectivity index (χ3v) is 4.72. The molecule has 0 amide bonds. The largest absolute Gasteiger partial charge is 0.247 e. The first-order valence-corrected chi connectivity index (χ1v) is 9.63. The van der Waals surface area contributed by atoms with Gasteiger partial charge in [-0.15, -0.1) is 5.10 Å². The second-order valence-electron chi connectivity index (χ2n) is 6.82. The molecule has 3 aromatic carbocycles. The number of halogens is 1. The second kappa shape index (κ2) is 9.75. The van der Waals surface area contributed by atoms with Crippen molar-refractivity contribution < 1.29 is 4.39 Å². The molecule has 28 heavy (non-hydrogen) atoms. The Hall–Kier alpha value is -3.07. The maximum absolute atomic E-state index is 13.7. The molecule has 0 aliphatic carbocycles. The minimum absolute atomic E-state index is 0.444. The van der Waals surface area contributed by atoms with Gasteiger partial charge < -0.3 is 0 Å². The van der Waals surface area contributed by atoms with Gasteiger partial charge in [-0.1, -0.05) is 85.8 Å². The van der Waals surface area contributed by atoms with Gasteiger partial charge in [0.2, 0.25) is 0 Å². The van der Waals surface area contributed by atoms with Gasteiger partial charge in [-0.05, 0) is 30.0 Å². The zero-order valence-electron chi connectivity index (χ0n) is 16.3. The normalized spacial score (nSPS) is 13.0. The van der Waals surface area contributed by atoms with Crippen molar-refractivity contribution >= 4 is 11.9 Å². The van der Waals surface area contributed by atoms with Gasteiger partial charge >= 0.3 is 0 Å². The van der Waals surface area contributed by atoms with Gasteiger partial charge in [0.05, 0.1) is 6.21 Å². The molecule has 0 aliphatic heterocycles. The summed E-state index contributed by atoms with van der Waals surface area (Å²) in [6.07, 6.45) is 1.96. The first-order valence-electron chi connectivity index (χ1n) is 9.63. The molecule has 0 saturated carbocycles. The van der Waals surface area contributed by atoms with Crippen molar-refractivity contribution in [3.05, 3.63) is 107 Å². The number of aryl methyl sites for hydroxylation is 1. The molecule has 0 radical (unpaired) electrons. The number of hydrogen-bond donors (Lipinski definition) is 0. The van der Waals surface area contributed by atoms with Crippen molar-refractivity contribution in [2.75, 3.05) is 0 Å². The molecule has 142 valence electrons. The van der Waals surface area contributed by atoms with Crippen molar-refractivity contribution in [3.63, 3.8) is 0 Å². The number of hydrogen-bond acceptors (Lipinski definition) is 2. The number of benzene rings is 3. The van der Waals surface area contributed by atoms with E-state index in [0.29, 0.717) is 12.8 Å². The lowest BCUT2D eigenvalue weighted by Gasteiger charge is -2.09. The van der Waals surface area contributed by atoms with E-state index >= 15 is 0 Å². The highest BCUT2D eigenvalue weighted by Gasteiger charge is 2.09. The Kier molecular flexibility index (Phi) is 6.85. The van der Waals surface area contributed by atoms with Gasteiger partial charge in [0.1, 0.15) is 11.9 Å². The maximum Gasteiger partial charge on any atom is 0.104 e. The van der Waals surface area contributed by atoms with E-state index in [1.807, 2.05) is 79.7 Å². The van der Waals surface area contributed by atoms with Crippen LogP contribution >= 0.6 is 0 Å². The summed E-state index contributed by atoms with van der Waals surface area (Å²) in [7, 11) is 0. The highest BCUT2D eigenvalue weighted by atomic mass is 19.1. The Morgan fingerprint density at radius 3 is 2.21 bits per heavy atom. The highest BCUT2D eigenvalue weighted by molar-refractivity contribution is 6.13. The summed E-state index contributed by atoms with van der Waals surface area (Å²) in [6.45, 7) is 3.92. The van der Waals surface area contributed by atoms with Crippen LogP contribution in [0.25, 0.3) is 0 Å². The van der Waals surface area contributed by atoms with Crippen LogP contribution in [0.2, 0.25) is 0 Å². The average molecular weight is 372 g/mol. The third kappa shape index (κ3) is 5.23. The predicted molar refractivity (Wildman–Crippen MR) is 116 cm³/mol. The molecule has 2 nitrogen and oxygen atoms in total. The summed E-state index contributed by atoms with van der Waals surface area (Å²) in [5.41, 5.74) is 5.95. The molecule has 0 fully saturated rings. The molecule has 1 unspecified atom stereocenters. The standard InChI is InChI=1S/C25H25FN2/c1-3-24(26)17-20-13-15-22(16-14-20)25(21-10-5-4-6-11-21)28-27-18-23-12-8-7-9-19(23)2/h4-16,18,24H,3,17H2,1-2H3. The van der Waals surface area contributed by atoms with E-state index in [4.69, 9.17) is 0 Å². The summed E-state index contributed by atoms with van der Waals surface area (Å²) in [6, 6.07) is 26.0. The van der Waals surface area contributed by atoms with Crippen LogP contribution in [0.3, 0.4) is 0 Å². The van der Waals surface area contributed by atoms with Crippen LogP contribution in [0.1, 0.15) is 41.2 Å². The van der Waals surface area contributed by atoms with E-state index in [0.717, 1.165) is 33.5 Å². The Bertz CT molecular complexity index is 944. The summed E-state index contributed by atoms with van der Waals surface area (Å²) < 4.78 is 13.7. The molecule has 0 aliphatic rings. The van der Waals surface area contributed by atoms with E-state index in [-0.39, 0.29) is 0 Å². The SMILES string of the molecule is CCC(F)Cc1ccc(C(=NN=Cc2ccccc2C)c2ccccc2)cc1. The first kappa shape index (κ1) is 19.7. The Balaban J connectivity index is 1.91. The average Bonchev–Trinajstić information content (AvgIpc) is 2.74. The highest BCUT2D eigenvalue weighted by Crippen LogP contribution is 2.15. The van der Waals surface area contributed by atoms with Crippen LogP contribution in [-0.2, 0) is 6.42 Å². The molecule has 0 aromatic heterocycles. The molecule has 0 spiro atoms. The van der Waals surface area contributed by atoms with E-state index in [2.05, 4.69) is 23.2 Å². The van der Waals surface area contributed by atoms with Gasteiger partial charge in [-0.2, -0.15) is 5.10 Å². The fourth-order valence-corrected chi connectivity index (χ4v) is 2.96. The molecular formula is C25H25FN2. The Morgan fingerprint density at radius 1 is 0.893 bits per heavy atom. The first-order chi connectivity index (χ1) is 13.7. The van der Waals surface area contributed by atoms with Gasteiger partial charge in [0, 0.05) is 17.5 Å². The van der Waals surface area contributed by atoms with Crippen molar-refractivity contribution in [2.24, 2.45) is 10.2 Å². The van der Waals surface area contributed by atoms with Crippen LogP contribution in [0.15, 0.2) is 89.1 Å². The number of rotatable bonds is 7. The summed E-state index contributed by atoms with van der Waals surface area (Å²) in [5, 5.41) is 8.86. The minimum atomic E-state index is -0.799. The third-order valence-electron chi connectivity index (χ3n) is 4.72. The predicted octanol–water partition coefficient (Wildman–Crippen LogP) is 6.16. The lowest BCUT2D eigenvalue weighted by molar-refractivity contribution is 0.323. The van der Waals surface area contributed by atoms with Crippen LogP contribution in [0.4, 0.5) is 4.39 Å². The van der Waals surface area contributed by atoms with Crippen molar-refractivity contribution in [2.45, 2.75) is 32.9 Å². The molecule has 0 N–H and O–H groups in total.